The van der Waals surface area contributed by atoms with Crippen LogP contribution in [0.2, 0.25) is 0 Å². The van der Waals surface area contributed by atoms with Crippen LogP contribution in [-0.2, 0) is 23.3 Å². The van der Waals surface area contributed by atoms with E-state index in [9.17, 15) is 9.18 Å². The van der Waals surface area contributed by atoms with Crippen LogP contribution >= 0.6 is 0 Å². The van der Waals surface area contributed by atoms with E-state index in [-0.39, 0.29) is 23.7 Å². The smallest absolute Gasteiger partial charge is 0.261 e. The Bertz CT molecular complexity index is 910. The van der Waals surface area contributed by atoms with Crippen molar-refractivity contribution in [1.82, 2.24) is 4.90 Å². The maximum atomic E-state index is 13.0. The number of ether oxygens (including phenoxy) is 1. The summed E-state index contributed by atoms with van der Waals surface area (Å²) in [4.78, 5) is 14.5. The van der Waals surface area contributed by atoms with Gasteiger partial charge in [0, 0.05) is 6.54 Å². The van der Waals surface area contributed by atoms with Gasteiger partial charge in [0.2, 0.25) is 0 Å². The Labute approximate surface area is 170 Å². The van der Waals surface area contributed by atoms with Crippen LogP contribution in [-0.4, -0.2) is 17.4 Å². The fourth-order valence-electron chi connectivity index (χ4n) is 2.92. The van der Waals surface area contributed by atoms with Crippen molar-refractivity contribution < 1.29 is 18.3 Å². The van der Waals surface area contributed by atoms with Gasteiger partial charge >= 0.3 is 0 Å². The molecule has 0 aliphatic rings. The predicted octanol–water partition coefficient (Wildman–Crippen LogP) is 5.32. The second-order valence-corrected chi connectivity index (χ2v) is 8.02. The summed E-state index contributed by atoms with van der Waals surface area (Å²) >= 11 is 0. The van der Waals surface area contributed by atoms with Crippen molar-refractivity contribution in [3.8, 4) is 5.75 Å². The van der Waals surface area contributed by atoms with E-state index >= 15 is 0 Å². The highest BCUT2D eigenvalue weighted by Gasteiger charge is 2.18. The number of benzene rings is 2. The average molecular weight is 395 g/mol. The summed E-state index contributed by atoms with van der Waals surface area (Å²) in [6.45, 7) is 7.16. The van der Waals surface area contributed by atoms with E-state index in [1.807, 2.05) is 18.2 Å². The zero-order valence-corrected chi connectivity index (χ0v) is 17.0. The Balaban J connectivity index is 1.69. The van der Waals surface area contributed by atoms with Crippen molar-refractivity contribution in [3.05, 3.63) is 89.6 Å². The van der Waals surface area contributed by atoms with Crippen molar-refractivity contribution in [2.75, 3.05) is 6.61 Å². The maximum absolute atomic E-state index is 13.0. The summed E-state index contributed by atoms with van der Waals surface area (Å²) in [7, 11) is 0. The first-order chi connectivity index (χ1) is 13.8. The molecule has 3 rings (SSSR count). The van der Waals surface area contributed by atoms with Gasteiger partial charge in [-0.15, -0.1) is 0 Å². The van der Waals surface area contributed by atoms with Gasteiger partial charge in [-0.1, -0.05) is 45.0 Å². The molecule has 0 saturated carbocycles. The number of hydrogen-bond donors (Lipinski definition) is 0. The van der Waals surface area contributed by atoms with Crippen LogP contribution in [0.1, 0.15) is 37.7 Å². The van der Waals surface area contributed by atoms with Crippen LogP contribution < -0.4 is 4.74 Å². The summed E-state index contributed by atoms with van der Waals surface area (Å²) in [6.07, 6.45) is 1.59. The minimum atomic E-state index is -0.346. The first-order valence-corrected chi connectivity index (χ1v) is 9.59. The normalized spacial score (nSPS) is 11.3. The van der Waals surface area contributed by atoms with E-state index in [1.54, 1.807) is 17.2 Å². The van der Waals surface area contributed by atoms with E-state index in [0.29, 0.717) is 24.6 Å². The van der Waals surface area contributed by atoms with Gasteiger partial charge in [-0.3, -0.25) is 4.79 Å². The molecule has 29 heavy (non-hydrogen) atoms. The molecule has 0 aliphatic carbocycles. The molecule has 1 heterocycles. The van der Waals surface area contributed by atoms with Crippen molar-refractivity contribution in [1.29, 1.82) is 0 Å². The van der Waals surface area contributed by atoms with Crippen molar-refractivity contribution in [2.45, 2.75) is 39.3 Å². The van der Waals surface area contributed by atoms with E-state index in [2.05, 4.69) is 32.9 Å². The molecule has 0 fully saturated rings. The fraction of sp³-hybridized carbons (Fsp3) is 0.292. The highest BCUT2D eigenvalue weighted by atomic mass is 19.1. The highest BCUT2D eigenvalue weighted by molar-refractivity contribution is 5.77. The molecule has 3 aromatic rings. The summed E-state index contributed by atoms with van der Waals surface area (Å²) in [5.41, 5.74) is 2.34. The number of halogens is 1. The molecule has 0 radical (unpaired) electrons. The largest absolute Gasteiger partial charge is 0.484 e. The topological polar surface area (TPSA) is 42.7 Å². The predicted molar refractivity (Wildman–Crippen MR) is 110 cm³/mol. The number of nitrogens with zero attached hydrogens (tertiary/aromatic N) is 1. The Hall–Kier alpha value is -3.08. The van der Waals surface area contributed by atoms with Crippen molar-refractivity contribution in [3.63, 3.8) is 0 Å². The average Bonchev–Trinajstić information content (AvgIpc) is 3.20. The Morgan fingerprint density at radius 3 is 2.28 bits per heavy atom. The van der Waals surface area contributed by atoms with Crippen LogP contribution in [0.5, 0.6) is 5.75 Å². The Morgan fingerprint density at radius 1 is 1.00 bits per heavy atom. The number of furan rings is 1. The molecule has 4 nitrogen and oxygen atoms in total. The quantitative estimate of drug-likeness (QED) is 0.543. The standard InChI is InChI=1S/C24H26FNO3/c1-24(2,3)19-8-6-18(7-9-19)15-26(16-22-5-4-14-28-22)23(27)17-29-21-12-10-20(25)11-13-21/h4-14H,15-17H2,1-3H3. The molecule has 0 saturated heterocycles. The summed E-state index contributed by atoms with van der Waals surface area (Å²) in [5.74, 6) is 0.631. The molecule has 1 aromatic heterocycles. The highest BCUT2D eigenvalue weighted by Crippen LogP contribution is 2.23. The Kier molecular flexibility index (Phi) is 6.37. The van der Waals surface area contributed by atoms with Gasteiger partial charge in [0.15, 0.2) is 6.61 Å². The van der Waals surface area contributed by atoms with Gasteiger partial charge < -0.3 is 14.1 Å². The summed E-state index contributed by atoms with van der Waals surface area (Å²) < 4.78 is 24.0. The minimum absolute atomic E-state index is 0.0746. The number of amides is 1. The lowest BCUT2D eigenvalue weighted by molar-refractivity contribution is -0.134. The lowest BCUT2D eigenvalue weighted by Gasteiger charge is -2.23. The third-order valence-electron chi connectivity index (χ3n) is 4.65. The molecular formula is C24H26FNO3. The van der Waals surface area contributed by atoms with Gasteiger partial charge in [0.1, 0.15) is 17.3 Å². The van der Waals surface area contributed by atoms with Crippen LogP contribution in [0.3, 0.4) is 0 Å². The molecule has 1 amide bonds. The van der Waals surface area contributed by atoms with E-state index < -0.39 is 0 Å². The third-order valence-corrected chi connectivity index (χ3v) is 4.65. The lowest BCUT2D eigenvalue weighted by atomic mass is 9.87. The lowest BCUT2D eigenvalue weighted by Crippen LogP contribution is -2.34. The molecular weight excluding hydrogens is 369 g/mol. The fourth-order valence-corrected chi connectivity index (χ4v) is 2.92. The monoisotopic (exact) mass is 395 g/mol. The molecule has 0 spiro atoms. The minimum Gasteiger partial charge on any atom is -0.484 e. The second kappa shape index (κ2) is 8.95. The molecule has 0 unspecified atom stereocenters. The number of carbonyl (C=O) groups is 1. The van der Waals surface area contributed by atoms with Gasteiger partial charge in [0.05, 0.1) is 12.8 Å². The zero-order chi connectivity index (χ0) is 20.9. The molecule has 2 aromatic carbocycles. The van der Waals surface area contributed by atoms with Crippen LogP contribution in [0, 0.1) is 5.82 Å². The molecule has 0 atom stereocenters. The van der Waals surface area contributed by atoms with Crippen LogP contribution in [0.15, 0.2) is 71.3 Å². The molecule has 0 bridgehead atoms. The van der Waals surface area contributed by atoms with Crippen molar-refractivity contribution >= 4 is 5.91 Å². The Morgan fingerprint density at radius 2 is 1.69 bits per heavy atom. The maximum Gasteiger partial charge on any atom is 0.261 e. The van der Waals surface area contributed by atoms with Crippen LogP contribution in [0.25, 0.3) is 0 Å². The third kappa shape index (κ3) is 5.95. The van der Waals surface area contributed by atoms with Crippen LogP contribution in [0.4, 0.5) is 4.39 Å². The van der Waals surface area contributed by atoms with E-state index in [0.717, 1.165) is 5.56 Å². The number of rotatable bonds is 7. The first kappa shape index (κ1) is 20.6. The van der Waals surface area contributed by atoms with E-state index in [4.69, 9.17) is 9.15 Å². The number of carbonyl (C=O) groups excluding carboxylic acids is 1. The summed E-state index contributed by atoms with van der Waals surface area (Å²) in [5, 5.41) is 0. The van der Waals surface area contributed by atoms with Gasteiger partial charge in [-0.25, -0.2) is 4.39 Å². The zero-order valence-electron chi connectivity index (χ0n) is 17.0. The number of hydrogen-bond acceptors (Lipinski definition) is 3. The molecule has 0 N–H and O–H groups in total. The first-order valence-electron chi connectivity index (χ1n) is 9.59. The van der Waals surface area contributed by atoms with Gasteiger partial charge in [-0.05, 0) is 52.9 Å². The van der Waals surface area contributed by atoms with Gasteiger partial charge in [0.25, 0.3) is 5.91 Å². The van der Waals surface area contributed by atoms with Gasteiger partial charge in [-0.2, -0.15) is 0 Å². The molecule has 0 aliphatic heterocycles. The molecule has 5 heteroatoms. The summed E-state index contributed by atoms with van der Waals surface area (Å²) in [6, 6.07) is 17.5. The SMILES string of the molecule is CC(C)(C)c1ccc(CN(Cc2ccco2)C(=O)COc2ccc(F)cc2)cc1. The molecule has 152 valence electrons. The second-order valence-electron chi connectivity index (χ2n) is 8.02. The van der Waals surface area contributed by atoms with E-state index in [1.165, 1.54) is 29.8 Å². The van der Waals surface area contributed by atoms with Crippen molar-refractivity contribution in [2.24, 2.45) is 0 Å².